The smallest absolute Gasteiger partial charge is 0.378 e. The van der Waals surface area contributed by atoms with Gasteiger partial charge >= 0.3 is 6.18 Å². The van der Waals surface area contributed by atoms with Gasteiger partial charge in [0.2, 0.25) is 11.7 Å². The highest BCUT2D eigenvalue weighted by Gasteiger charge is 2.26. The molecule has 3 heterocycles. The van der Waals surface area contributed by atoms with Gasteiger partial charge in [-0.1, -0.05) is 23.7 Å². The second-order valence-electron chi connectivity index (χ2n) is 7.84. The third-order valence-corrected chi connectivity index (χ3v) is 5.71. The van der Waals surface area contributed by atoms with E-state index in [-0.39, 0.29) is 36.6 Å². The minimum atomic E-state index is -4.28. The van der Waals surface area contributed by atoms with Crippen molar-refractivity contribution >= 4 is 23.3 Å². The average molecular weight is 483 g/mol. The van der Waals surface area contributed by atoms with Crippen molar-refractivity contribution in [3.8, 4) is 11.3 Å². The Labute approximate surface area is 192 Å². The number of morpholine rings is 1. The normalized spacial score (nSPS) is 14.7. The number of rotatable bonds is 6. The first-order chi connectivity index (χ1) is 15.7. The maximum Gasteiger partial charge on any atom is 0.389 e. The van der Waals surface area contributed by atoms with Gasteiger partial charge in [0.05, 0.1) is 25.3 Å². The maximum absolute atomic E-state index is 13.1. The summed E-state index contributed by atoms with van der Waals surface area (Å²) in [6, 6.07) is 6.85. The third kappa shape index (κ3) is 5.56. The van der Waals surface area contributed by atoms with Crippen LogP contribution in [-0.4, -0.2) is 57.2 Å². The Morgan fingerprint density at radius 2 is 1.82 bits per heavy atom. The molecule has 1 aromatic carbocycles. The van der Waals surface area contributed by atoms with E-state index in [4.69, 9.17) is 16.3 Å². The highest BCUT2D eigenvalue weighted by molar-refractivity contribution is 6.30. The number of carbonyl (C=O) groups excluding carboxylic acids is 1. The third-order valence-electron chi connectivity index (χ3n) is 5.45. The molecule has 3 aromatic rings. The van der Waals surface area contributed by atoms with Gasteiger partial charge in [-0.3, -0.25) is 14.0 Å². The molecule has 7 nitrogen and oxygen atoms in total. The molecule has 0 N–H and O–H groups in total. The van der Waals surface area contributed by atoms with E-state index < -0.39 is 18.2 Å². The number of aryl methyl sites for hydroxylation is 1. The number of amides is 1. The fraction of sp³-hybridized carbons (Fsp3) is 0.409. The zero-order valence-electron chi connectivity index (χ0n) is 17.6. The number of benzene rings is 1. The fourth-order valence-electron chi connectivity index (χ4n) is 3.76. The zero-order chi connectivity index (χ0) is 23.6. The van der Waals surface area contributed by atoms with Crippen molar-refractivity contribution < 1.29 is 22.7 Å². The highest BCUT2D eigenvalue weighted by atomic mass is 35.5. The summed E-state index contributed by atoms with van der Waals surface area (Å²) in [4.78, 5) is 32.0. The quantitative estimate of drug-likeness (QED) is 0.539. The fourth-order valence-corrected chi connectivity index (χ4v) is 3.89. The summed E-state index contributed by atoms with van der Waals surface area (Å²) < 4.78 is 46.2. The Morgan fingerprint density at radius 1 is 1.12 bits per heavy atom. The van der Waals surface area contributed by atoms with Crippen molar-refractivity contribution in [2.24, 2.45) is 0 Å². The molecule has 4 rings (SSSR count). The average Bonchev–Trinajstić information content (AvgIpc) is 3.23. The molecule has 11 heteroatoms. The van der Waals surface area contributed by atoms with E-state index in [0.717, 1.165) is 0 Å². The van der Waals surface area contributed by atoms with Crippen LogP contribution in [0, 0.1) is 0 Å². The number of ether oxygens (including phenoxy) is 1. The number of fused-ring (bicyclic) bond motifs is 1. The summed E-state index contributed by atoms with van der Waals surface area (Å²) in [7, 11) is 0. The van der Waals surface area contributed by atoms with Crippen LogP contribution in [0.1, 0.15) is 18.4 Å². The van der Waals surface area contributed by atoms with Crippen molar-refractivity contribution in [1.29, 1.82) is 0 Å². The lowest BCUT2D eigenvalue weighted by atomic mass is 10.2. The summed E-state index contributed by atoms with van der Waals surface area (Å²) in [6.45, 7) is 1.73. The number of hydrogen-bond donors (Lipinski definition) is 0. The first-order valence-electron chi connectivity index (χ1n) is 10.5. The Kier molecular flexibility index (Phi) is 6.76. The van der Waals surface area contributed by atoms with E-state index in [1.807, 2.05) is 0 Å². The molecular weight excluding hydrogens is 461 g/mol. The van der Waals surface area contributed by atoms with Gasteiger partial charge in [-0.2, -0.15) is 13.2 Å². The lowest BCUT2D eigenvalue weighted by molar-refractivity contribution is -0.136. The molecule has 0 spiro atoms. The molecule has 0 radical (unpaired) electrons. The van der Waals surface area contributed by atoms with Gasteiger partial charge in [0.15, 0.2) is 0 Å². The number of alkyl halides is 3. The van der Waals surface area contributed by atoms with E-state index >= 15 is 0 Å². The molecule has 2 aromatic heterocycles. The molecule has 0 atom stereocenters. The summed E-state index contributed by atoms with van der Waals surface area (Å²) in [5.41, 5.74) is 0.956. The molecule has 1 amide bonds. The van der Waals surface area contributed by atoms with Gasteiger partial charge < -0.3 is 14.2 Å². The van der Waals surface area contributed by atoms with Gasteiger partial charge in [-0.25, -0.2) is 4.98 Å². The molecule has 176 valence electrons. The molecule has 0 aliphatic carbocycles. The maximum atomic E-state index is 13.1. The van der Waals surface area contributed by atoms with Crippen molar-refractivity contribution in [1.82, 2.24) is 18.9 Å². The molecule has 33 heavy (non-hydrogen) atoms. The van der Waals surface area contributed by atoms with Crippen LogP contribution in [-0.2, 0) is 22.5 Å². The van der Waals surface area contributed by atoms with Gasteiger partial charge in [0, 0.05) is 54.6 Å². The van der Waals surface area contributed by atoms with E-state index in [0.29, 0.717) is 42.6 Å². The number of aromatic nitrogens is 3. The van der Waals surface area contributed by atoms with Crippen LogP contribution < -0.4 is 5.56 Å². The van der Waals surface area contributed by atoms with E-state index in [2.05, 4.69) is 4.98 Å². The van der Waals surface area contributed by atoms with Crippen LogP contribution in [0.5, 0.6) is 0 Å². The van der Waals surface area contributed by atoms with Crippen LogP contribution >= 0.6 is 11.6 Å². The van der Waals surface area contributed by atoms with Crippen LogP contribution in [0.3, 0.4) is 0 Å². The van der Waals surface area contributed by atoms with Gasteiger partial charge in [0.25, 0.3) is 5.56 Å². The molecule has 0 bridgehead atoms. The van der Waals surface area contributed by atoms with Crippen molar-refractivity contribution in [2.75, 3.05) is 26.3 Å². The lowest BCUT2D eigenvalue weighted by Gasteiger charge is -2.26. The topological polar surface area (TPSA) is 68.8 Å². The second kappa shape index (κ2) is 9.56. The van der Waals surface area contributed by atoms with Crippen molar-refractivity contribution in [3.05, 3.63) is 57.6 Å². The zero-order valence-corrected chi connectivity index (χ0v) is 18.4. The second-order valence-corrected chi connectivity index (χ2v) is 8.28. The predicted molar refractivity (Wildman–Crippen MR) is 116 cm³/mol. The number of halogens is 4. The summed E-state index contributed by atoms with van der Waals surface area (Å²) in [5, 5.41) is 0.540. The first-order valence-corrected chi connectivity index (χ1v) is 10.9. The molecule has 0 saturated carbocycles. The summed E-state index contributed by atoms with van der Waals surface area (Å²) >= 11 is 5.94. The standard InChI is InChI=1S/C22H22ClF3N4O3/c23-17-4-2-15(3-5-17)18-14-30-20(32)16(12-19(31)28-8-10-33-11-9-28)13-29(21(30)27-18)7-1-6-22(24,25)26/h2-5,13-14H,1,6-12H2. The highest BCUT2D eigenvalue weighted by Crippen LogP contribution is 2.23. The van der Waals surface area contributed by atoms with Gasteiger partial charge in [-0.05, 0) is 18.6 Å². The van der Waals surface area contributed by atoms with E-state index in [9.17, 15) is 22.8 Å². The van der Waals surface area contributed by atoms with Gasteiger partial charge in [-0.15, -0.1) is 0 Å². The van der Waals surface area contributed by atoms with Crippen LogP contribution in [0.2, 0.25) is 5.02 Å². The van der Waals surface area contributed by atoms with Crippen LogP contribution in [0.15, 0.2) is 41.5 Å². The Balaban J connectivity index is 1.71. The molecule has 0 unspecified atom stereocenters. The van der Waals surface area contributed by atoms with Crippen molar-refractivity contribution in [2.45, 2.75) is 32.0 Å². The number of nitrogens with zero attached hydrogens (tertiary/aromatic N) is 4. The molecule has 1 saturated heterocycles. The van der Waals surface area contributed by atoms with Crippen molar-refractivity contribution in [3.63, 3.8) is 0 Å². The molecule has 1 fully saturated rings. The first kappa shape index (κ1) is 23.3. The predicted octanol–water partition coefficient (Wildman–Crippen LogP) is 3.56. The van der Waals surface area contributed by atoms with Crippen LogP contribution in [0.4, 0.5) is 13.2 Å². The Bertz CT molecular complexity index is 1200. The molecule has 1 aliphatic heterocycles. The Morgan fingerprint density at radius 3 is 2.48 bits per heavy atom. The largest absolute Gasteiger partial charge is 0.389 e. The summed E-state index contributed by atoms with van der Waals surface area (Å²) in [6.07, 6.45) is -2.59. The Hall–Kier alpha value is -2.85. The summed E-state index contributed by atoms with van der Waals surface area (Å²) in [5.74, 6) is -0.00988. The SMILES string of the molecule is O=C(Cc1cn(CCCC(F)(F)F)c2nc(-c3ccc(Cl)cc3)cn2c1=O)N1CCOCC1. The number of carbonyl (C=O) groups is 1. The minimum Gasteiger partial charge on any atom is -0.378 e. The number of imidazole rings is 1. The van der Waals surface area contributed by atoms with Gasteiger partial charge in [0.1, 0.15) is 0 Å². The van der Waals surface area contributed by atoms with E-state index in [1.54, 1.807) is 29.2 Å². The number of hydrogen-bond acceptors (Lipinski definition) is 4. The molecular formula is C22H22ClF3N4O3. The molecule has 1 aliphatic rings. The van der Waals surface area contributed by atoms with E-state index in [1.165, 1.54) is 21.4 Å². The lowest BCUT2D eigenvalue weighted by Crippen LogP contribution is -2.42. The minimum absolute atomic E-state index is 0.000887. The monoisotopic (exact) mass is 482 g/mol. The van der Waals surface area contributed by atoms with Crippen LogP contribution in [0.25, 0.3) is 17.0 Å².